The first-order valence-corrected chi connectivity index (χ1v) is 9.84. The lowest BCUT2D eigenvalue weighted by molar-refractivity contribution is -0.154. The molecule has 0 atom stereocenters. The van der Waals surface area contributed by atoms with Gasteiger partial charge in [-0.1, -0.05) is 30.9 Å². The molecule has 2 aromatic rings. The number of aromatic nitrogens is 3. The van der Waals surface area contributed by atoms with E-state index in [2.05, 4.69) is 20.6 Å². The van der Waals surface area contributed by atoms with Gasteiger partial charge >= 0.3 is 6.18 Å². The molecule has 2 heterocycles. The molecule has 0 bridgehead atoms. The Balaban J connectivity index is 1.79. The molecule has 0 aromatic carbocycles. The van der Waals surface area contributed by atoms with Gasteiger partial charge in [0.1, 0.15) is 0 Å². The maximum absolute atomic E-state index is 12.7. The molecular formula is C19H21ClF3N5O2. The molecular weight excluding hydrogens is 423 g/mol. The van der Waals surface area contributed by atoms with E-state index in [0.717, 1.165) is 32.1 Å². The van der Waals surface area contributed by atoms with Crippen molar-refractivity contribution in [1.82, 2.24) is 20.6 Å². The third kappa shape index (κ3) is 5.94. The number of carbonyl (C=O) groups is 1. The van der Waals surface area contributed by atoms with Gasteiger partial charge in [0.25, 0.3) is 5.91 Å². The maximum atomic E-state index is 12.7. The minimum atomic E-state index is -4.47. The third-order valence-electron chi connectivity index (χ3n) is 4.79. The summed E-state index contributed by atoms with van der Waals surface area (Å²) in [7, 11) is 1.58. The Bertz CT molecular complexity index is 873. The fourth-order valence-corrected chi connectivity index (χ4v) is 3.43. The predicted molar refractivity (Wildman–Crippen MR) is 105 cm³/mol. The number of hydrazine groups is 1. The van der Waals surface area contributed by atoms with Crippen LogP contribution >= 0.6 is 11.6 Å². The minimum Gasteiger partial charge on any atom is -0.468 e. The summed E-state index contributed by atoms with van der Waals surface area (Å²) < 4.78 is 42.8. The lowest BCUT2D eigenvalue weighted by atomic mass is 9.84. The average Bonchev–Trinajstić information content (AvgIpc) is 2.72. The number of nitrogens with one attached hydrogen (secondary N) is 1. The van der Waals surface area contributed by atoms with Crippen molar-refractivity contribution < 1.29 is 22.7 Å². The van der Waals surface area contributed by atoms with Crippen LogP contribution in [0.5, 0.6) is 5.88 Å². The number of ether oxygens (including phenoxy) is 1. The van der Waals surface area contributed by atoms with Crippen molar-refractivity contribution in [3.8, 4) is 5.88 Å². The Morgan fingerprint density at radius 2 is 2.00 bits per heavy atom. The van der Waals surface area contributed by atoms with Crippen LogP contribution in [0.4, 0.5) is 19.0 Å². The molecule has 3 rings (SSSR count). The van der Waals surface area contributed by atoms with Crippen molar-refractivity contribution in [2.75, 3.05) is 18.7 Å². The highest BCUT2D eigenvalue weighted by molar-refractivity contribution is 6.29. The Morgan fingerprint density at radius 3 is 2.63 bits per heavy atom. The number of rotatable bonds is 6. The first-order chi connectivity index (χ1) is 14.2. The first-order valence-electron chi connectivity index (χ1n) is 9.46. The molecule has 0 aliphatic heterocycles. The number of amides is 1. The predicted octanol–water partition coefficient (Wildman–Crippen LogP) is 4.30. The molecule has 0 spiro atoms. The Kier molecular flexibility index (Phi) is 6.96. The lowest BCUT2D eigenvalue weighted by Gasteiger charge is -2.24. The Hall–Kier alpha value is -2.62. The van der Waals surface area contributed by atoms with Gasteiger partial charge in [0.2, 0.25) is 5.88 Å². The van der Waals surface area contributed by atoms with Crippen LogP contribution in [-0.4, -0.2) is 40.9 Å². The lowest BCUT2D eigenvalue weighted by Crippen LogP contribution is -2.40. The van der Waals surface area contributed by atoms with Crippen LogP contribution in [0.1, 0.15) is 53.9 Å². The summed E-state index contributed by atoms with van der Waals surface area (Å²) in [5.74, 6) is -0.200. The highest BCUT2D eigenvalue weighted by Crippen LogP contribution is 2.37. The zero-order valence-corrected chi connectivity index (χ0v) is 17.0. The van der Waals surface area contributed by atoms with E-state index in [1.807, 2.05) is 0 Å². The van der Waals surface area contributed by atoms with E-state index in [0.29, 0.717) is 11.4 Å². The van der Waals surface area contributed by atoms with E-state index in [1.54, 1.807) is 19.2 Å². The summed E-state index contributed by atoms with van der Waals surface area (Å²) >= 11 is 5.71. The van der Waals surface area contributed by atoms with Crippen molar-refractivity contribution in [1.29, 1.82) is 0 Å². The van der Waals surface area contributed by atoms with Crippen molar-refractivity contribution >= 4 is 23.3 Å². The number of hydrogen-bond acceptors (Lipinski definition) is 6. The van der Waals surface area contributed by atoms with Crippen LogP contribution < -0.4 is 15.2 Å². The maximum Gasteiger partial charge on any atom is 0.422 e. The number of pyridine rings is 1. The van der Waals surface area contributed by atoms with E-state index in [-0.39, 0.29) is 22.5 Å². The molecule has 2 aromatic heterocycles. The van der Waals surface area contributed by atoms with Gasteiger partial charge in [-0.05, 0) is 37.0 Å². The largest absolute Gasteiger partial charge is 0.468 e. The molecule has 30 heavy (non-hydrogen) atoms. The van der Waals surface area contributed by atoms with E-state index in [1.165, 1.54) is 17.3 Å². The highest BCUT2D eigenvalue weighted by Gasteiger charge is 2.30. The standard InChI is InChI=1S/C19H21ClF3N5O2/c1-28(16-8-7-15(20)25-26-16)27-17(29)13-9-14(12-5-3-2-4-6-12)18(24-10-13)30-11-19(21,22)23/h7-10,12H,2-6,11H2,1H3,(H,27,29). The monoisotopic (exact) mass is 443 g/mol. The molecule has 1 aliphatic carbocycles. The fourth-order valence-electron chi connectivity index (χ4n) is 3.33. The average molecular weight is 444 g/mol. The quantitative estimate of drug-likeness (QED) is 0.671. The zero-order chi connectivity index (χ0) is 21.7. The van der Waals surface area contributed by atoms with Gasteiger partial charge in [0.05, 0.1) is 5.56 Å². The van der Waals surface area contributed by atoms with Gasteiger partial charge in [-0.2, -0.15) is 13.2 Å². The molecule has 0 saturated heterocycles. The van der Waals surface area contributed by atoms with Gasteiger partial charge in [-0.3, -0.25) is 15.2 Å². The second-order valence-corrected chi connectivity index (χ2v) is 7.46. The van der Waals surface area contributed by atoms with Gasteiger partial charge in [-0.25, -0.2) is 4.98 Å². The van der Waals surface area contributed by atoms with Gasteiger partial charge in [0, 0.05) is 18.8 Å². The van der Waals surface area contributed by atoms with E-state index < -0.39 is 18.7 Å². The highest BCUT2D eigenvalue weighted by atomic mass is 35.5. The molecule has 1 N–H and O–H groups in total. The summed E-state index contributed by atoms with van der Waals surface area (Å²) in [4.78, 5) is 16.7. The minimum absolute atomic E-state index is 0.00194. The summed E-state index contributed by atoms with van der Waals surface area (Å²) in [6.45, 7) is -1.43. The number of hydrogen-bond donors (Lipinski definition) is 1. The molecule has 1 aliphatic rings. The van der Waals surface area contributed by atoms with Crippen LogP contribution in [0.25, 0.3) is 0 Å². The number of alkyl halides is 3. The number of carbonyl (C=O) groups excluding carboxylic acids is 1. The normalized spacial score (nSPS) is 15.0. The number of halogens is 4. The Morgan fingerprint density at radius 1 is 1.27 bits per heavy atom. The van der Waals surface area contributed by atoms with Gasteiger partial charge in [0.15, 0.2) is 17.6 Å². The van der Waals surface area contributed by atoms with E-state index >= 15 is 0 Å². The molecule has 1 fully saturated rings. The van der Waals surface area contributed by atoms with Crippen LogP contribution in [0.2, 0.25) is 5.15 Å². The Labute approximate surface area is 176 Å². The SMILES string of the molecule is CN(NC(=O)c1cnc(OCC(F)(F)F)c(C2CCCCC2)c1)c1ccc(Cl)nn1. The fraction of sp³-hybridized carbons (Fsp3) is 0.474. The van der Waals surface area contributed by atoms with Crippen LogP contribution in [0, 0.1) is 0 Å². The third-order valence-corrected chi connectivity index (χ3v) is 4.99. The van der Waals surface area contributed by atoms with Crippen molar-refractivity contribution in [2.45, 2.75) is 44.2 Å². The van der Waals surface area contributed by atoms with Gasteiger partial charge in [-0.15, -0.1) is 10.2 Å². The van der Waals surface area contributed by atoms with Crippen LogP contribution in [0.3, 0.4) is 0 Å². The molecule has 1 amide bonds. The van der Waals surface area contributed by atoms with E-state index in [4.69, 9.17) is 16.3 Å². The first kappa shape index (κ1) is 22.1. The second kappa shape index (κ2) is 9.46. The summed E-state index contributed by atoms with van der Waals surface area (Å²) in [6.07, 6.45) is 1.38. The zero-order valence-electron chi connectivity index (χ0n) is 16.2. The molecule has 162 valence electrons. The molecule has 7 nitrogen and oxygen atoms in total. The smallest absolute Gasteiger partial charge is 0.422 e. The van der Waals surface area contributed by atoms with E-state index in [9.17, 15) is 18.0 Å². The second-order valence-electron chi connectivity index (χ2n) is 7.07. The van der Waals surface area contributed by atoms with Crippen molar-refractivity contribution in [3.63, 3.8) is 0 Å². The summed E-state index contributed by atoms with van der Waals surface area (Å²) in [5, 5.41) is 9.15. The number of anilines is 1. The van der Waals surface area contributed by atoms with Crippen LogP contribution in [-0.2, 0) is 0 Å². The molecule has 11 heteroatoms. The molecule has 0 radical (unpaired) electrons. The number of nitrogens with zero attached hydrogens (tertiary/aromatic N) is 4. The van der Waals surface area contributed by atoms with Crippen molar-refractivity contribution in [3.05, 3.63) is 40.7 Å². The van der Waals surface area contributed by atoms with Crippen molar-refractivity contribution in [2.24, 2.45) is 0 Å². The van der Waals surface area contributed by atoms with Gasteiger partial charge < -0.3 is 4.74 Å². The molecule has 0 unspecified atom stereocenters. The summed E-state index contributed by atoms with van der Waals surface area (Å²) in [5.41, 5.74) is 3.37. The molecule has 1 saturated carbocycles. The summed E-state index contributed by atoms with van der Waals surface area (Å²) in [6, 6.07) is 4.67. The van der Waals surface area contributed by atoms with Crippen LogP contribution in [0.15, 0.2) is 24.4 Å². The topological polar surface area (TPSA) is 80.2 Å².